The van der Waals surface area contributed by atoms with Crippen LogP contribution in [0.5, 0.6) is 0 Å². The van der Waals surface area contributed by atoms with Crippen LogP contribution in [-0.4, -0.2) is 5.91 Å². The Hall–Kier alpha value is -2.04. The van der Waals surface area contributed by atoms with Crippen LogP contribution in [0.2, 0.25) is 5.02 Å². The van der Waals surface area contributed by atoms with Crippen LogP contribution in [0.3, 0.4) is 0 Å². The minimum atomic E-state index is -0.431. The van der Waals surface area contributed by atoms with Crippen LogP contribution in [0, 0.1) is 0 Å². The van der Waals surface area contributed by atoms with Crippen LogP contribution in [0.25, 0.3) is 0 Å². The van der Waals surface area contributed by atoms with E-state index in [0.29, 0.717) is 17.8 Å². The molecule has 2 aromatic carbocycles. The molecule has 0 aliphatic carbocycles. The summed E-state index contributed by atoms with van der Waals surface area (Å²) < 4.78 is 0. The Bertz CT molecular complexity index is 541. The molecular formula is C14H16ClN3O. The van der Waals surface area contributed by atoms with Crippen LogP contribution in [0.1, 0.15) is 15.9 Å². The number of carbonyl (C=O) groups is 1. The molecule has 0 saturated carbocycles. The maximum Gasteiger partial charge on any atom is 0.248 e. The molecule has 19 heavy (non-hydrogen) atoms. The molecule has 0 aliphatic heterocycles. The summed E-state index contributed by atoms with van der Waals surface area (Å²) in [6.07, 6.45) is 0. The molecule has 0 atom stereocenters. The van der Waals surface area contributed by atoms with E-state index in [1.54, 1.807) is 24.3 Å². The highest BCUT2D eigenvalue weighted by Gasteiger charge is 1.96. The number of anilines is 1. The van der Waals surface area contributed by atoms with Gasteiger partial charge in [-0.3, -0.25) is 4.79 Å². The Kier molecular flexibility index (Phi) is 5.85. The van der Waals surface area contributed by atoms with Gasteiger partial charge < -0.3 is 17.2 Å². The number of nitrogen functional groups attached to an aromatic ring is 1. The number of carbonyl (C=O) groups excluding carboxylic acids is 1. The van der Waals surface area contributed by atoms with Crippen molar-refractivity contribution in [1.82, 2.24) is 0 Å². The maximum atomic E-state index is 10.5. The van der Waals surface area contributed by atoms with Crippen molar-refractivity contribution in [3.63, 3.8) is 0 Å². The second kappa shape index (κ2) is 7.41. The van der Waals surface area contributed by atoms with E-state index in [1.807, 2.05) is 24.3 Å². The highest BCUT2D eigenvalue weighted by molar-refractivity contribution is 6.31. The van der Waals surface area contributed by atoms with Gasteiger partial charge in [0.1, 0.15) is 0 Å². The zero-order valence-electron chi connectivity index (χ0n) is 10.3. The first-order valence-electron chi connectivity index (χ1n) is 5.63. The van der Waals surface area contributed by atoms with Crippen LogP contribution >= 0.6 is 11.6 Å². The number of hydrogen-bond acceptors (Lipinski definition) is 3. The Morgan fingerprint density at radius 1 is 1.05 bits per heavy atom. The van der Waals surface area contributed by atoms with Crippen molar-refractivity contribution in [3.8, 4) is 0 Å². The number of primary amides is 1. The summed E-state index contributed by atoms with van der Waals surface area (Å²) in [7, 11) is 0. The first-order valence-corrected chi connectivity index (χ1v) is 6.01. The lowest BCUT2D eigenvalue weighted by atomic mass is 10.2. The van der Waals surface area contributed by atoms with E-state index in [1.165, 1.54) is 0 Å². The molecule has 1 amide bonds. The lowest BCUT2D eigenvalue weighted by molar-refractivity contribution is 0.100. The molecule has 4 nitrogen and oxygen atoms in total. The largest absolute Gasteiger partial charge is 0.399 e. The Morgan fingerprint density at radius 3 is 2.05 bits per heavy atom. The molecule has 0 aromatic heterocycles. The molecule has 0 heterocycles. The van der Waals surface area contributed by atoms with Gasteiger partial charge in [0.25, 0.3) is 0 Å². The van der Waals surface area contributed by atoms with E-state index in [2.05, 4.69) is 0 Å². The summed E-state index contributed by atoms with van der Waals surface area (Å²) in [6.45, 7) is 0.514. The summed E-state index contributed by atoms with van der Waals surface area (Å²) in [4.78, 5) is 10.5. The second-order valence-corrected chi connectivity index (χ2v) is 4.19. The number of benzene rings is 2. The van der Waals surface area contributed by atoms with Crippen LogP contribution in [0.15, 0.2) is 48.5 Å². The Labute approximate surface area is 117 Å². The smallest absolute Gasteiger partial charge is 0.248 e. The van der Waals surface area contributed by atoms with Crippen LogP contribution < -0.4 is 17.2 Å². The predicted molar refractivity (Wildman–Crippen MR) is 78.7 cm³/mol. The van der Waals surface area contributed by atoms with E-state index in [9.17, 15) is 4.79 Å². The first-order chi connectivity index (χ1) is 9.04. The van der Waals surface area contributed by atoms with Gasteiger partial charge in [-0.1, -0.05) is 29.8 Å². The van der Waals surface area contributed by atoms with Gasteiger partial charge in [-0.25, -0.2) is 0 Å². The van der Waals surface area contributed by atoms with Crippen LogP contribution in [0.4, 0.5) is 5.69 Å². The van der Waals surface area contributed by atoms with E-state index in [4.69, 9.17) is 28.8 Å². The highest BCUT2D eigenvalue weighted by atomic mass is 35.5. The molecular weight excluding hydrogens is 262 g/mol. The normalized spacial score (nSPS) is 9.37. The van der Waals surface area contributed by atoms with Gasteiger partial charge in [0, 0.05) is 22.8 Å². The summed E-state index contributed by atoms with van der Waals surface area (Å²) in [6, 6.07) is 14.0. The van der Waals surface area contributed by atoms with Crippen molar-refractivity contribution in [1.29, 1.82) is 0 Å². The standard InChI is InChI=1S/C7H8ClN.C7H8N2O/c8-7-4-2-1-3-6(7)5-9;8-6-3-1-5(2-4-6)7(9)10/h1-4H,5,9H2;1-4H,8H2,(H2,9,10). The fourth-order valence-electron chi connectivity index (χ4n) is 1.31. The maximum absolute atomic E-state index is 10.5. The molecule has 100 valence electrons. The molecule has 0 fully saturated rings. The molecule has 0 radical (unpaired) electrons. The van der Waals surface area contributed by atoms with Crippen LogP contribution in [-0.2, 0) is 6.54 Å². The molecule has 2 aromatic rings. The second-order valence-electron chi connectivity index (χ2n) is 3.78. The third kappa shape index (κ3) is 4.99. The number of nitrogens with two attached hydrogens (primary N) is 3. The summed E-state index contributed by atoms with van der Waals surface area (Å²) in [5.41, 5.74) is 17.8. The molecule has 0 bridgehead atoms. The van der Waals surface area contributed by atoms with Crippen molar-refractivity contribution in [2.75, 3.05) is 5.73 Å². The Morgan fingerprint density at radius 2 is 1.63 bits per heavy atom. The average molecular weight is 278 g/mol. The van der Waals surface area contributed by atoms with E-state index in [0.717, 1.165) is 10.6 Å². The molecule has 0 spiro atoms. The molecule has 5 heteroatoms. The minimum Gasteiger partial charge on any atom is -0.399 e. The number of amides is 1. The van der Waals surface area contributed by atoms with E-state index in [-0.39, 0.29) is 0 Å². The molecule has 0 aliphatic rings. The zero-order chi connectivity index (χ0) is 14.3. The molecule has 0 saturated heterocycles. The number of halogens is 1. The quantitative estimate of drug-likeness (QED) is 0.734. The fraction of sp³-hybridized carbons (Fsp3) is 0.0714. The highest BCUT2D eigenvalue weighted by Crippen LogP contribution is 2.13. The number of hydrogen-bond donors (Lipinski definition) is 3. The number of rotatable bonds is 2. The summed E-state index contributed by atoms with van der Waals surface area (Å²) >= 11 is 5.74. The van der Waals surface area contributed by atoms with E-state index >= 15 is 0 Å². The lowest BCUT2D eigenvalue weighted by Gasteiger charge is -1.96. The Balaban J connectivity index is 0.000000191. The van der Waals surface area contributed by atoms with Gasteiger partial charge in [0.2, 0.25) is 5.91 Å². The first kappa shape index (κ1) is 15.0. The molecule has 0 unspecified atom stereocenters. The van der Waals surface area contributed by atoms with Crippen molar-refractivity contribution in [2.45, 2.75) is 6.54 Å². The molecule has 2 rings (SSSR count). The van der Waals surface area contributed by atoms with Gasteiger partial charge in [-0.15, -0.1) is 0 Å². The minimum absolute atomic E-state index is 0.431. The van der Waals surface area contributed by atoms with Crippen molar-refractivity contribution in [2.24, 2.45) is 11.5 Å². The summed E-state index contributed by atoms with van der Waals surface area (Å²) in [5, 5.41) is 0.750. The topological polar surface area (TPSA) is 95.1 Å². The molecule has 6 N–H and O–H groups in total. The van der Waals surface area contributed by atoms with E-state index < -0.39 is 5.91 Å². The third-order valence-electron chi connectivity index (χ3n) is 2.37. The van der Waals surface area contributed by atoms with Gasteiger partial charge in [0.05, 0.1) is 0 Å². The van der Waals surface area contributed by atoms with Gasteiger partial charge in [0.15, 0.2) is 0 Å². The monoisotopic (exact) mass is 277 g/mol. The third-order valence-corrected chi connectivity index (χ3v) is 2.74. The fourth-order valence-corrected chi connectivity index (χ4v) is 1.52. The van der Waals surface area contributed by atoms with Gasteiger partial charge in [-0.05, 0) is 35.9 Å². The lowest BCUT2D eigenvalue weighted by Crippen LogP contribution is -2.10. The van der Waals surface area contributed by atoms with Crippen molar-refractivity contribution >= 4 is 23.2 Å². The average Bonchev–Trinajstić information content (AvgIpc) is 2.40. The van der Waals surface area contributed by atoms with Crippen molar-refractivity contribution in [3.05, 3.63) is 64.7 Å². The van der Waals surface area contributed by atoms with Gasteiger partial charge in [-0.2, -0.15) is 0 Å². The van der Waals surface area contributed by atoms with Gasteiger partial charge >= 0.3 is 0 Å². The zero-order valence-corrected chi connectivity index (χ0v) is 11.1. The summed E-state index contributed by atoms with van der Waals surface area (Å²) in [5.74, 6) is -0.431. The van der Waals surface area contributed by atoms with Crippen molar-refractivity contribution < 1.29 is 4.79 Å². The predicted octanol–water partition coefficient (Wildman–Crippen LogP) is 2.17. The SMILES string of the molecule is NC(=O)c1ccc(N)cc1.NCc1ccccc1Cl.